The molecule has 1 saturated heterocycles. The number of likely N-dealkylation sites (tertiary alicyclic amines) is 1. The van der Waals surface area contributed by atoms with E-state index >= 15 is 0 Å². The van der Waals surface area contributed by atoms with Crippen LogP contribution in [0.4, 0.5) is 0 Å². The second-order valence-electron chi connectivity index (χ2n) is 9.96. The van der Waals surface area contributed by atoms with Crippen molar-refractivity contribution in [3.8, 4) is 11.5 Å². The zero-order valence-corrected chi connectivity index (χ0v) is 23.9. The quantitative estimate of drug-likeness (QED) is 0.443. The lowest BCUT2D eigenvalue weighted by Gasteiger charge is -2.21. The number of ether oxygens (including phenoxy) is 2. The van der Waals surface area contributed by atoms with Crippen LogP contribution in [0.25, 0.3) is 0 Å². The highest BCUT2D eigenvalue weighted by Crippen LogP contribution is 2.42. The topological polar surface area (TPSA) is 113 Å². The lowest BCUT2D eigenvalue weighted by atomic mass is 9.96. The van der Waals surface area contributed by atoms with Crippen molar-refractivity contribution in [2.45, 2.75) is 44.0 Å². The van der Waals surface area contributed by atoms with Gasteiger partial charge in [-0.05, 0) is 56.0 Å². The van der Waals surface area contributed by atoms with Gasteiger partial charge in [0.1, 0.15) is 22.0 Å². The molecule has 2 aromatic rings. The number of fused-ring (bicyclic) bond motifs is 1. The third-order valence-electron chi connectivity index (χ3n) is 7.01. The van der Waals surface area contributed by atoms with Gasteiger partial charge in [-0.1, -0.05) is 37.0 Å². The monoisotopic (exact) mass is 584 g/mol. The van der Waals surface area contributed by atoms with E-state index < -0.39 is 28.4 Å². The number of amides is 1. The number of halogens is 2. The van der Waals surface area contributed by atoms with Crippen LogP contribution in [0.2, 0.25) is 10.0 Å². The molecule has 0 aromatic heterocycles. The normalized spacial score (nSPS) is 18.8. The summed E-state index contributed by atoms with van der Waals surface area (Å²) in [6, 6.07) is 4.29. The third kappa shape index (κ3) is 5.19. The van der Waals surface area contributed by atoms with Gasteiger partial charge in [0, 0.05) is 18.2 Å². The Morgan fingerprint density at radius 3 is 2.53 bits per heavy atom. The van der Waals surface area contributed by atoms with Crippen LogP contribution < -0.4 is 9.47 Å². The van der Waals surface area contributed by atoms with Gasteiger partial charge in [-0.2, -0.15) is 0 Å². The SMILES string of the molecule is COc1cc(C(C)C)c2c(c1)S(=O)(=O)N(Cc1cc(Cl)c(C(=O)O)c(Cl)c1OCCC1CCN(C)C1)C2=O. The minimum atomic E-state index is -4.25. The Bertz CT molecular complexity index is 1390. The van der Waals surface area contributed by atoms with Crippen LogP contribution in [0.5, 0.6) is 11.5 Å². The van der Waals surface area contributed by atoms with Crippen LogP contribution in [0.1, 0.15) is 64.4 Å². The number of rotatable bonds is 9. The predicted octanol–water partition coefficient (Wildman–Crippen LogP) is 4.89. The van der Waals surface area contributed by atoms with E-state index in [1.54, 1.807) is 6.07 Å². The van der Waals surface area contributed by atoms with Gasteiger partial charge in [0.15, 0.2) is 0 Å². The number of hydrogen-bond donors (Lipinski definition) is 1. The molecule has 1 atom stereocenters. The van der Waals surface area contributed by atoms with E-state index in [2.05, 4.69) is 4.90 Å². The van der Waals surface area contributed by atoms with Crippen LogP contribution in [0.3, 0.4) is 0 Å². The molecule has 0 aliphatic carbocycles. The summed E-state index contributed by atoms with van der Waals surface area (Å²) in [4.78, 5) is 27.4. The Morgan fingerprint density at radius 2 is 1.95 bits per heavy atom. The Kier molecular flexibility index (Phi) is 8.18. The molecular weight excluding hydrogens is 555 g/mol. The fourth-order valence-electron chi connectivity index (χ4n) is 4.99. The van der Waals surface area contributed by atoms with Crippen molar-refractivity contribution < 1.29 is 32.6 Å². The predicted molar refractivity (Wildman–Crippen MR) is 143 cm³/mol. The van der Waals surface area contributed by atoms with E-state index in [4.69, 9.17) is 32.7 Å². The molecule has 1 amide bonds. The maximum atomic E-state index is 13.6. The van der Waals surface area contributed by atoms with Gasteiger partial charge in [-0.25, -0.2) is 17.5 Å². The molecule has 0 saturated carbocycles. The fourth-order valence-corrected chi connectivity index (χ4v) is 7.29. The van der Waals surface area contributed by atoms with E-state index in [0.29, 0.717) is 23.7 Å². The van der Waals surface area contributed by atoms with E-state index in [-0.39, 0.29) is 49.9 Å². The summed E-state index contributed by atoms with van der Waals surface area (Å²) < 4.78 is 39.1. The molecule has 2 aliphatic rings. The molecular formula is C26H30Cl2N2O7S. The number of hydrogen-bond acceptors (Lipinski definition) is 7. The number of nitrogens with zero attached hydrogens (tertiary/aromatic N) is 2. The molecule has 1 N–H and O–H groups in total. The third-order valence-corrected chi connectivity index (χ3v) is 9.42. The number of benzene rings is 2. The minimum Gasteiger partial charge on any atom is -0.497 e. The first-order valence-corrected chi connectivity index (χ1v) is 14.4. The first kappa shape index (κ1) is 28.5. The average Bonchev–Trinajstić information content (AvgIpc) is 3.34. The van der Waals surface area contributed by atoms with E-state index in [9.17, 15) is 23.1 Å². The lowest BCUT2D eigenvalue weighted by molar-refractivity contribution is 0.0695. The summed E-state index contributed by atoms with van der Waals surface area (Å²) in [6.45, 7) is 5.43. The molecule has 206 valence electrons. The molecule has 2 aromatic carbocycles. The van der Waals surface area contributed by atoms with Crippen LogP contribution in [0.15, 0.2) is 23.1 Å². The van der Waals surface area contributed by atoms with Crippen LogP contribution in [-0.4, -0.2) is 68.5 Å². The number of carboxylic acid groups (broad SMARTS) is 1. The Morgan fingerprint density at radius 1 is 1.24 bits per heavy atom. The van der Waals surface area contributed by atoms with Crippen molar-refractivity contribution >= 4 is 45.1 Å². The standard InChI is InChI=1S/C26H30Cl2N2O7S/c1-14(2)18-10-17(36-4)11-20-21(18)25(31)30(38(20,34)35)13-16-9-19(27)22(26(32)33)23(28)24(16)37-8-6-15-5-7-29(3)12-15/h9-11,14-15H,5-8,12-13H2,1-4H3,(H,32,33). The minimum absolute atomic E-state index is 0.000405. The maximum Gasteiger partial charge on any atom is 0.338 e. The van der Waals surface area contributed by atoms with Gasteiger partial charge in [-0.15, -0.1) is 0 Å². The van der Waals surface area contributed by atoms with E-state index in [0.717, 1.165) is 23.8 Å². The lowest BCUT2D eigenvalue weighted by Crippen LogP contribution is -2.30. The summed E-state index contributed by atoms with van der Waals surface area (Å²) in [7, 11) is -0.784. The fraction of sp³-hybridized carbons (Fsp3) is 0.462. The van der Waals surface area contributed by atoms with Crippen molar-refractivity contribution in [1.82, 2.24) is 9.21 Å². The van der Waals surface area contributed by atoms with Gasteiger partial charge >= 0.3 is 5.97 Å². The molecule has 38 heavy (non-hydrogen) atoms. The van der Waals surface area contributed by atoms with Gasteiger partial charge in [-0.3, -0.25) is 4.79 Å². The number of aromatic carboxylic acids is 1. The van der Waals surface area contributed by atoms with Crippen molar-refractivity contribution in [2.24, 2.45) is 5.92 Å². The highest BCUT2D eigenvalue weighted by Gasteiger charge is 2.44. The zero-order valence-electron chi connectivity index (χ0n) is 21.6. The Labute approximate surface area is 232 Å². The summed E-state index contributed by atoms with van der Waals surface area (Å²) in [6.07, 6.45) is 1.72. The van der Waals surface area contributed by atoms with Crippen molar-refractivity contribution in [2.75, 3.05) is 33.9 Å². The number of methoxy groups -OCH3 is 1. The molecule has 4 rings (SSSR count). The number of carbonyl (C=O) groups excluding carboxylic acids is 1. The Balaban J connectivity index is 1.72. The first-order chi connectivity index (χ1) is 17.9. The molecule has 0 radical (unpaired) electrons. The van der Waals surface area contributed by atoms with Crippen molar-refractivity contribution in [1.29, 1.82) is 0 Å². The largest absolute Gasteiger partial charge is 0.497 e. The smallest absolute Gasteiger partial charge is 0.338 e. The average molecular weight is 586 g/mol. The van der Waals surface area contributed by atoms with Gasteiger partial charge in [0.25, 0.3) is 15.9 Å². The number of sulfonamides is 1. The molecule has 9 nitrogen and oxygen atoms in total. The highest BCUT2D eigenvalue weighted by atomic mass is 35.5. The second-order valence-corrected chi connectivity index (χ2v) is 12.6. The Hall–Kier alpha value is -2.53. The summed E-state index contributed by atoms with van der Waals surface area (Å²) in [5, 5.41) is 9.22. The molecule has 1 fully saturated rings. The van der Waals surface area contributed by atoms with Crippen molar-refractivity contribution in [3.05, 3.63) is 50.5 Å². The molecule has 12 heteroatoms. The highest BCUT2D eigenvalue weighted by molar-refractivity contribution is 7.90. The van der Waals surface area contributed by atoms with E-state index in [1.807, 2.05) is 20.9 Å². The summed E-state index contributed by atoms with van der Waals surface area (Å²) in [5.74, 6) is -1.46. The van der Waals surface area contributed by atoms with E-state index in [1.165, 1.54) is 19.2 Å². The molecule has 0 bridgehead atoms. The first-order valence-electron chi connectivity index (χ1n) is 12.2. The second kappa shape index (κ2) is 10.9. The van der Waals surface area contributed by atoms with Gasteiger partial charge in [0.05, 0.1) is 35.9 Å². The number of carbonyl (C=O) groups is 2. The zero-order chi connectivity index (χ0) is 27.9. The molecule has 2 heterocycles. The molecule has 2 aliphatic heterocycles. The van der Waals surface area contributed by atoms with Crippen LogP contribution >= 0.6 is 23.2 Å². The van der Waals surface area contributed by atoms with Gasteiger partial charge < -0.3 is 19.5 Å². The molecule has 0 spiro atoms. The van der Waals surface area contributed by atoms with Crippen LogP contribution in [-0.2, 0) is 16.6 Å². The summed E-state index contributed by atoms with van der Waals surface area (Å²) >= 11 is 12.7. The van der Waals surface area contributed by atoms with Gasteiger partial charge in [0.2, 0.25) is 0 Å². The maximum absolute atomic E-state index is 13.6. The summed E-state index contributed by atoms with van der Waals surface area (Å²) in [5.41, 5.74) is 0.480. The van der Waals surface area contributed by atoms with Crippen molar-refractivity contribution in [3.63, 3.8) is 0 Å². The van der Waals surface area contributed by atoms with Crippen LogP contribution in [0, 0.1) is 5.92 Å². The number of carboxylic acids is 1. The molecule has 1 unspecified atom stereocenters.